The zero-order valence-corrected chi connectivity index (χ0v) is 16.6. The molecule has 1 fully saturated rings. The maximum absolute atomic E-state index is 12.7. The highest BCUT2D eigenvalue weighted by molar-refractivity contribution is 7.91. The maximum Gasteiger partial charge on any atom is 0.410 e. The highest BCUT2D eigenvalue weighted by Gasteiger charge is 2.34. The molecule has 1 aliphatic rings. The van der Waals surface area contributed by atoms with Crippen molar-refractivity contribution < 1.29 is 27.3 Å². The number of hydrogen-bond donors (Lipinski definition) is 0. The number of aromatic nitrogens is 1. The van der Waals surface area contributed by atoms with Crippen LogP contribution in [0.15, 0.2) is 27.8 Å². The van der Waals surface area contributed by atoms with Crippen molar-refractivity contribution in [2.45, 2.75) is 38.0 Å². The van der Waals surface area contributed by atoms with E-state index in [0.29, 0.717) is 13.0 Å². The van der Waals surface area contributed by atoms with Crippen molar-refractivity contribution in [3.8, 4) is 0 Å². The molecule has 10 nitrogen and oxygen atoms in total. The Morgan fingerprint density at radius 2 is 2.14 bits per heavy atom. The Bertz CT molecular complexity index is 1020. The Labute approximate surface area is 161 Å². The topological polar surface area (TPSA) is 133 Å². The first-order valence-electron chi connectivity index (χ1n) is 8.70. The zero-order valence-electron chi connectivity index (χ0n) is 15.7. The first kappa shape index (κ1) is 20.1. The van der Waals surface area contributed by atoms with E-state index in [1.165, 1.54) is 17.0 Å². The van der Waals surface area contributed by atoms with Gasteiger partial charge in [-0.25, -0.2) is 13.2 Å². The van der Waals surface area contributed by atoms with Gasteiger partial charge < -0.3 is 14.1 Å². The molecule has 3 rings (SSSR count). The van der Waals surface area contributed by atoms with E-state index in [4.69, 9.17) is 9.15 Å². The number of nitrogens with zero attached hydrogens (tertiary/aromatic N) is 3. The summed E-state index contributed by atoms with van der Waals surface area (Å²) in [7, 11) is -3.85. The van der Waals surface area contributed by atoms with Crippen LogP contribution in [0, 0.1) is 16.0 Å². The van der Waals surface area contributed by atoms with Crippen LogP contribution in [0.5, 0.6) is 0 Å². The van der Waals surface area contributed by atoms with Gasteiger partial charge in [0.05, 0.1) is 10.7 Å². The molecule has 1 aliphatic heterocycles. The highest BCUT2D eigenvalue weighted by atomic mass is 32.2. The van der Waals surface area contributed by atoms with Crippen LogP contribution in [0.3, 0.4) is 0 Å². The number of benzene rings is 1. The molecule has 0 spiro atoms. The summed E-state index contributed by atoms with van der Waals surface area (Å²) in [6.07, 6.45) is 0.0473. The number of likely N-dealkylation sites (tertiary alicyclic amines) is 1. The Balaban J connectivity index is 1.71. The van der Waals surface area contributed by atoms with Crippen molar-refractivity contribution in [2.75, 3.05) is 18.8 Å². The summed E-state index contributed by atoms with van der Waals surface area (Å²) >= 11 is 0. The SMILES string of the molecule is CC(C)(C)OC(=O)N1CCC(CS(=O)(=O)c2nc3cc([N+](=O)[O-])ccc3o2)C1. The second kappa shape index (κ2) is 7.04. The third-order valence-electron chi connectivity index (χ3n) is 4.22. The molecular weight excluding hydrogens is 390 g/mol. The fourth-order valence-electron chi connectivity index (χ4n) is 2.98. The molecule has 0 bridgehead atoms. The zero-order chi connectivity index (χ0) is 20.7. The first-order chi connectivity index (χ1) is 12.9. The van der Waals surface area contributed by atoms with Crippen molar-refractivity contribution in [1.82, 2.24) is 9.88 Å². The van der Waals surface area contributed by atoms with Gasteiger partial charge in [-0.15, -0.1) is 0 Å². The molecule has 1 aromatic carbocycles. The summed E-state index contributed by atoms with van der Waals surface area (Å²) in [4.78, 5) is 27.8. The first-order valence-corrected chi connectivity index (χ1v) is 10.4. The van der Waals surface area contributed by atoms with Crippen LogP contribution in [0.25, 0.3) is 11.1 Å². The highest BCUT2D eigenvalue weighted by Crippen LogP contribution is 2.27. The minimum absolute atomic E-state index is 0.106. The lowest BCUT2D eigenvalue weighted by Crippen LogP contribution is -2.35. The molecule has 1 amide bonds. The van der Waals surface area contributed by atoms with Crippen molar-refractivity contribution in [1.29, 1.82) is 0 Å². The average molecular weight is 411 g/mol. The smallest absolute Gasteiger partial charge is 0.410 e. The second-order valence-corrected chi connectivity index (χ2v) is 9.66. The third-order valence-corrected chi connectivity index (χ3v) is 5.84. The van der Waals surface area contributed by atoms with E-state index >= 15 is 0 Å². The summed E-state index contributed by atoms with van der Waals surface area (Å²) in [6, 6.07) is 3.70. The van der Waals surface area contributed by atoms with Crippen molar-refractivity contribution >= 4 is 32.7 Å². The number of nitro groups is 1. The van der Waals surface area contributed by atoms with Crippen LogP contribution in [-0.4, -0.2) is 53.8 Å². The predicted molar refractivity (Wildman–Crippen MR) is 98.6 cm³/mol. The minimum atomic E-state index is -3.85. The summed E-state index contributed by atoms with van der Waals surface area (Å²) in [5.41, 5.74) is -0.559. The van der Waals surface area contributed by atoms with Gasteiger partial charge in [0.25, 0.3) is 5.69 Å². The van der Waals surface area contributed by atoms with Crippen LogP contribution in [0.4, 0.5) is 10.5 Å². The number of amides is 1. The second-order valence-electron chi connectivity index (χ2n) is 7.75. The maximum atomic E-state index is 12.7. The van der Waals surface area contributed by atoms with E-state index in [0.717, 1.165) is 6.07 Å². The monoisotopic (exact) mass is 411 g/mol. The number of non-ortho nitro benzene ring substituents is 1. The molecule has 0 radical (unpaired) electrons. The molecule has 28 heavy (non-hydrogen) atoms. The normalized spacial score (nSPS) is 17.8. The summed E-state index contributed by atoms with van der Waals surface area (Å²) in [5.74, 6) is -0.511. The predicted octanol–water partition coefficient (Wildman–Crippen LogP) is 2.77. The van der Waals surface area contributed by atoms with Gasteiger partial charge >= 0.3 is 11.3 Å². The number of oxazole rings is 1. The van der Waals surface area contributed by atoms with E-state index in [1.807, 2.05) is 0 Å². The molecule has 1 unspecified atom stereocenters. The van der Waals surface area contributed by atoms with E-state index in [9.17, 15) is 23.3 Å². The number of rotatable bonds is 4. The minimum Gasteiger partial charge on any atom is -0.444 e. The standard InChI is InChI=1S/C17H21N3O7S/c1-17(2,3)27-16(21)19-7-6-11(9-19)10-28(24,25)15-18-13-8-12(20(22)23)4-5-14(13)26-15/h4-5,8,11H,6-7,9-10H2,1-3H3. The van der Waals surface area contributed by atoms with Gasteiger partial charge in [-0.05, 0) is 39.2 Å². The Morgan fingerprint density at radius 3 is 2.79 bits per heavy atom. The number of hydrogen-bond acceptors (Lipinski definition) is 8. The van der Waals surface area contributed by atoms with Crippen LogP contribution in [0.1, 0.15) is 27.2 Å². The molecule has 152 valence electrons. The van der Waals surface area contributed by atoms with Gasteiger partial charge in [0.2, 0.25) is 9.84 Å². The average Bonchev–Trinajstić information content (AvgIpc) is 3.18. The fourth-order valence-corrected chi connectivity index (χ4v) is 4.47. The molecule has 1 saturated heterocycles. The van der Waals surface area contributed by atoms with Crippen LogP contribution < -0.4 is 0 Å². The van der Waals surface area contributed by atoms with Gasteiger partial charge in [-0.3, -0.25) is 10.1 Å². The number of fused-ring (bicyclic) bond motifs is 1. The molecule has 0 N–H and O–H groups in total. The van der Waals surface area contributed by atoms with Crippen LogP contribution in [-0.2, 0) is 14.6 Å². The van der Waals surface area contributed by atoms with Gasteiger partial charge in [0.1, 0.15) is 11.1 Å². The summed E-state index contributed by atoms with van der Waals surface area (Å²) in [6.45, 7) is 5.97. The quantitative estimate of drug-likeness (QED) is 0.554. The molecule has 0 aliphatic carbocycles. The summed E-state index contributed by atoms with van der Waals surface area (Å²) < 4.78 is 35.9. The van der Waals surface area contributed by atoms with E-state index in [-0.39, 0.29) is 35.0 Å². The molecule has 1 atom stereocenters. The largest absolute Gasteiger partial charge is 0.444 e. The lowest BCUT2D eigenvalue weighted by atomic mass is 10.2. The van der Waals surface area contributed by atoms with Crippen molar-refractivity contribution in [3.05, 3.63) is 28.3 Å². The molecule has 2 heterocycles. The van der Waals surface area contributed by atoms with Crippen molar-refractivity contribution in [3.63, 3.8) is 0 Å². The lowest BCUT2D eigenvalue weighted by Gasteiger charge is -2.24. The Hall–Kier alpha value is -2.69. The molecule has 0 saturated carbocycles. The third kappa shape index (κ3) is 4.41. The van der Waals surface area contributed by atoms with E-state index in [1.54, 1.807) is 20.8 Å². The summed E-state index contributed by atoms with van der Waals surface area (Å²) in [5, 5.41) is 10.4. The van der Waals surface area contributed by atoms with Gasteiger partial charge in [-0.2, -0.15) is 4.98 Å². The Kier molecular flexibility index (Phi) is 5.04. The van der Waals surface area contributed by atoms with Crippen molar-refractivity contribution in [2.24, 2.45) is 5.92 Å². The van der Waals surface area contributed by atoms with Crippen LogP contribution >= 0.6 is 0 Å². The van der Waals surface area contributed by atoms with E-state index < -0.39 is 31.7 Å². The molecule has 2 aromatic rings. The molecule has 11 heteroatoms. The fraction of sp³-hybridized carbons (Fsp3) is 0.529. The number of nitro benzene ring substituents is 1. The lowest BCUT2D eigenvalue weighted by molar-refractivity contribution is -0.384. The van der Waals surface area contributed by atoms with Gasteiger partial charge in [-0.1, -0.05) is 0 Å². The van der Waals surface area contributed by atoms with Gasteiger partial charge in [0.15, 0.2) is 5.58 Å². The number of sulfone groups is 1. The number of carbonyl (C=O) groups excluding carboxylic acids is 1. The molecule has 1 aromatic heterocycles. The van der Waals surface area contributed by atoms with E-state index in [2.05, 4.69) is 4.98 Å². The molecular formula is C17H21N3O7S. The van der Waals surface area contributed by atoms with Crippen LogP contribution in [0.2, 0.25) is 0 Å². The number of carbonyl (C=O) groups is 1. The number of ether oxygens (including phenoxy) is 1. The Morgan fingerprint density at radius 1 is 1.43 bits per heavy atom. The van der Waals surface area contributed by atoms with Gasteiger partial charge in [0, 0.05) is 25.2 Å².